The van der Waals surface area contributed by atoms with Gasteiger partial charge in [-0.15, -0.1) is 11.3 Å². The molecule has 0 fully saturated rings. The Labute approximate surface area is 112 Å². The van der Waals surface area contributed by atoms with Crippen molar-refractivity contribution in [1.29, 1.82) is 0 Å². The second-order valence-electron chi connectivity index (χ2n) is 4.02. The fourth-order valence-electron chi connectivity index (χ4n) is 1.58. The molecule has 0 unspecified atom stereocenters. The van der Waals surface area contributed by atoms with E-state index in [1.165, 1.54) is 5.56 Å². The molecule has 0 spiro atoms. The van der Waals surface area contributed by atoms with E-state index in [-0.39, 0.29) is 0 Å². The van der Waals surface area contributed by atoms with Gasteiger partial charge < -0.3 is 10.1 Å². The number of hydrogen-bond donors (Lipinski definition) is 1. The van der Waals surface area contributed by atoms with Gasteiger partial charge in [-0.2, -0.15) is 0 Å². The SMILES string of the molecule is CCCOc1ccc(CNCc2nccs2)cc1. The third-order valence-electron chi connectivity index (χ3n) is 2.49. The van der Waals surface area contributed by atoms with Crippen molar-refractivity contribution in [3.05, 3.63) is 46.4 Å². The van der Waals surface area contributed by atoms with Crippen molar-refractivity contribution >= 4 is 11.3 Å². The lowest BCUT2D eigenvalue weighted by atomic mass is 10.2. The van der Waals surface area contributed by atoms with Crippen molar-refractivity contribution < 1.29 is 4.74 Å². The largest absolute Gasteiger partial charge is 0.494 e. The molecule has 0 aliphatic rings. The van der Waals surface area contributed by atoms with Crippen molar-refractivity contribution in [1.82, 2.24) is 10.3 Å². The predicted molar refractivity (Wildman–Crippen MR) is 74.9 cm³/mol. The Balaban J connectivity index is 1.75. The molecule has 4 heteroatoms. The molecule has 0 radical (unpaired) electrons. The fourth-order valence-corrected chi connectivity index (χ4v) is 2.16. The van der Waals surface area contributed by atoms with Crippen LogP contribution in [0.2, 0.25) is 0 Å². The van der Waals surface area contributed by atoms with Crippen LogP contribution in [-0.4, -0.2) is 11.6 Å². The number of nitrogens with zero attached hydrogens (tertiary/aromatic N) is 1. The molecule has 0 saturated heterocycles. The van der Waals surface area contributed by atoms with Gasteiger partial charge in [-0.3, -0.25) is 0 Å². The van der Waals surface area contributed by atoms with Crippen LogP contribution in [0.3, 0.4) is 0 Å². The third kappa shape index (κ3) is 4.13. The maximum absolute atomic E-state index is 5.54. The van der Waals surface area contributed by atoms with E-state index >= 15 is 0 Å². The molecule has 18 heavy (non-hydrogen) atoms. The topological polar surface area (TPSA) is 34.1 Å². The second-order valence-corrected chi connectivity index (χ2v) is 5.00. The lowest BCUT2D eigenvalue weighted by molar-refractivity contribution is 0.317. The zero-order valence-corrected chi connectivity index (χ0v) is 11.4. The summed E-state index contributed by atoms with van der Waals surface area (Å²) in [5.41, 5.74) is 1.26. The average Bonchev–Trinajstić information content (AvgIpc) is 2.91. The lowest BCUT2D eigenvalue weighted by Crippen LogP contribution is -2.12. The highest BCUT2D eigenvalue weighted by molar-refractivity contribution is 7.09. The van der Waals surface area contributed by atoms with Crippen LogP contribution >= 0.6 is 11.3 Å². The molecule has 3 nitrogen and oxygen atoms in total. The summed E-state index contributed by atoms with van der Waals surface area (Å²) < 4.78 is 5.54. The van der Waals surface area contributed by atoms with E-state index in [9.17, 15) is 0 Å². The molecule has 1 aromatic heterocycles. The first-order valence-corrected chi connectivity index (χ1v) is 7.07. The number of ether oxygens (including phenoxy) is 1. The van der Waals surface area contributed by atoms with Crippen LogP contribution in [0.4, 0.5) is 0 Å². The first-order valence-electron chi connectivity index (χ1n) is 6.19. The van der Waals surface area contributed by atoms with Crippen LogP contribution < -0.4 is 10.1 Å². The van der Waals surface area contributed by atoms with Gasteiger partial charge in [0.1, 0.15) is 10.8 Å². The van der Waals surface area contributed by atoms with Gasteiger partial charge in [0.15, 0.2) is 0 Å². The minimum absolute atomic E-state index is 0.779. The average molecular weight is 262 g/mol. The number of thiazole rings is 1. The number of benzene rings is 1. The summed E-state index contributed by atoms with van der Waals surface area (Å²) in [6.07, 6.45) is 2.87. The quantitative estimate of drug-likeness (QED) is 0.832. The third-order valence-corrected chi connectivity index (χ3v) is 3.26. The Bertz CT molecular complexity index is 439. The summed E-state index contributed by atoms with van der Waals surface area (Å²) in [6.45, 7) is 4.57. The van der Waals surface area contributed by atoms with E-state index in [2.05, 4.69) is 29.4 Å². The fraction of sp³-hybridized carbons (Fsp3) is 0.357. The summed E-state index contributed by atoms with van der Waals surface area (Å²) >= 11 is 1.68. The van der Waals surface area contributed by atoms with Crippen LogP contribution in [0.25, 0.3) is 0 Å². The van der Waals surface area contributed by atoms with E-state index in [0.29, 0.717) is 0 Å². The minimum Gasteiger partial charge on any atom is -0.494 e. The summed E-state index contributed by atoms with van der Waals surface area (Å²) in [4.78, 5) is 4.23. The minimum atomic E-state index is 0.779. The molecule has 0 bridgehead atoms. The molecule has 1 aromatic carbocycles. The Morgan fingerprint density at radius 2 is 2.06 bits per heavy atom. The monoisotopic (exact) mass is 262 g/mol. The molecule has 2 aromatic rings. The maximum atomic E-state index is 5.54. The van der Waals surface area contributed by atoms with Gasteiger partial charge in [0.25, 0.3) is 0 Å². The van der Waals surface area contributed by atoms with E-state index in [4.69, 9.17) is 4.74 Å². The van der Waals surface area contributed by atoms with Crippen LogP contribution in [-0.2, 0) is 13.1 Å². The van der Waals surface area contributed by atoms with Crippen molar-refractivity contribution in [2.45, 2.75) is 26.4 Å². The van der Waals surface area contributed by atoms with Gasteiger partial charge in [0.05, 0.1) is 6.61 Å². The highest BCUT2D eigenvalue weighted by Gasteiger charge is 1.97. The summed E-state index contributed by atoms with van der Waals surface area (Å²) in [7, 11) is 0. The van der Waals surface area contributed by atoms with Gasteiger partial charge >= 0.3 is 0 Å². The van der Waals surface area contributed by atoms with Gasteiger partial charge in [-0.1, -0.05) is 19.1 Å². The van der Waals surface area contributed by atoms with Crippen LogP contribution in [0.1, 0.15) is 23.9 Å². The predicted octanol–water partition coefficient (Wildman–Crippen LogP) is 3.22. The second kappa shape index (κ2) is 7.13. The van der Waals surface area contributed by atoms with Crippen molar-refractivity contribution in [2.75, 3.05) is 6.61 Å². The molecule has 0 saturated carbocycles. The number of rotatable bonds is 7. The van der Waals surface area contributed by atoms with E-state index in [1.54, 1.807) is 11.3 Å². The van der Waals surface area contributed by atoms with Crippen molar-refractivity contribution in [2.24, 2.45) is 0 Å². The number of nitrogens with one attached hydrogen (secondary N) is 1. The van der Waals surface area contributed by atoms with Crippen LogP contribution in [0, 0.1) is 0 Å². The Morgan fingerprint density at radius 3 is 2.72 bits per heavy atom. The van der Waals surface area contributed by atoms with E-state index in [1.807, 2.05) is 23.7 Å². The lowest BCUT2D eigenvalue weighted by Gasteiger charge is -2.06. The summed E-state index contributed by atoms with van der Waals surface area (Å²) in [5.74, 6) is 0.945. The highest BCUT2D eigenvalue weighted by atomic mass is 32.1. The van der Waals surface area contributed by atoms with E-state index < -0.39 is 0 Å². The molecular formula is C14H18N2OS. The van der Waals surface area contributed by atoms with Crippen LogP contribution in [0.15, 0.2) is 35.8 Å². The summed E-state index contributed by atoms with van der Waals surface area (Å²) in [5, 5.41) is 6.49. The molecule has 96 valence electrons. The molecule has 1 N–H and O–H groups in total. The maximum Gasteiger partial charge on any atom is 0.119 e. The Hall–Kier alpha value is -1.39. The summed E-state index contributed by atoms with van der Waals surface area (Å²) in [6, 6.07) is 8.24. The first-order chi connectivity index (χ1) is 8.88. The van der Waals surface area contributed by atoms with Gasteiger partial charge in [-0.25, -0.2) is 4.98 Å². The zero-order chi connectivity index (χ0) is 12.6. The van der Waals surface area contributed by atoms with Gasteiger partial charge in [0.2, 0.25) is 0 Å². The van der Waals surface area contributed by atoms with Crippen molar-refractivity contribution in [3.63, 3.8) is 0 Å². The van der Waals surface area contributed by atoms with Crippen molar-refractivity contribution in [3.8, 4) is 5.75 Å². The number of hydrogen-bond acceptors (Lipinski definition) is 4. The highest BCUT2D eigenvalue weighted by Crippen LogP contribution is 2.12. The first kappa shape index (κ1) is 13.1. The van der Waals surface area contributed by atoms with Crippen LogP contribution in [0.5, 0.6) is 5.75 Å². The molecule has 0 aliphatic carbocycles. The standard InChI is InChI=1S/C14H18N2OS/c1-2-8-17-13-5-3-12(4-6-13)10-15-11-14-16-7-9-18-14/h3-7,9,15H,2,8,10-11H2,1H3. The molecule has 1 heterocycles. The molecule has 0 aliphatic heterocycles. The molecule has 2 rings (SSSR count). The Morgan fingerprint density at radius 1 is 1.22 bits per heavy atom. The van der Waals surface area contributed by atoms with Gasteiger partial charge in [-0.05, 0) is 24.1 Å². The molecular weight excluding hydrogens is 244 g/mol. The Kier molecular flexibility index (Phi) is 5.17. The normalized spacial score (nSPS) is 10.5. The smallest absolute Gasteiger partial charge is 0.119 e. The number of aromatic nitrogens is 1. The molecule has 0 atom stereocenters. The zero-order valence-electron chi connectivity index (χ0n) is 10.6. The molecule has 0 amide bonds. The van der Waals surface area contributed by atoms with E-state index in [0.717, 1.165) is 36.9 Å². The van der Waals surface area contributed by atoms with Gasteiger partial charge in [0, 0.05) is 24.7 Å².